The fourth-order valence-electron chi connectivity index (χ4n) is 6.07. The summed E-state index contributed by atoms with van der Waals surface area (Å²) in [7, 11) is 0. The first-order chi connectivity index (χ1) is 16.2. The van der Waals surface area contributed by atoms with E-state index in [9.17, 15) is 0 Å². The van der Waals surface area contributed by atoms with Gasteiger partial charge in [-0.3, -0.25) is 0 Å². The van der Waals surface area contributed by atoms with Gasteiger partial charge in [-0.05, 0) is 93.6 Å². The average molecular weight is 550 g/mol. The second-order valence-corrected chi connectivity index (χ2v) is 10.4. The fraction of sp³-hybridized carbons (Fsp3) is 0.0323. The monoisotopic (exact) mass is 548 g/mol. The van der Waals surface area contributed by atoms with Gasteiger partial charge in [0.1, 0.15) is 0 Å². The smallest absolute Gasteiger partial charge is 0.0619 e. The number of hydrogen-bond donors (Lipinski definition) is 0. The van der Waals surface area contributed by atoms with E-state index in [-0.39, 0.29) is 0 Å². The van der Waals surface area contributed by atoms with Crippen molar-refractivity contribution >= 4 is 31.9 Å². The SMILES string of the molecule is Brc1ccc2c(c1Br)C1(c3ccccc3-c3ccccc3-2)c2ccccc2-c2ccccc21. The van der Waals surface area contributed by atoms with Gasteiger partial charge < -0.3 is 0 Å². The third-order valence-corrected chi connectivity index (χ3v) is 9.28. The standard InChI is InChI=1S/C31H18Br2/c32-28-18-17-24-20-10-2-1-9-19(20)21-11-3-6-14-25(21)31(29(24)30(28)33)26-15-7-4-12-22(26)23-13-5-8-16-27(23)31/h1-18H. The molecule has 0 radical (unpaired) electrons. The van der Waals surface area contributed by atoms with Gasteiger partial charge in [-0.25, -0.2) is 0 Å². The molecule has 5 aromatic rings. The lowest BCUT2D eigenvalue weighted by Crippen LogP contribution is -2.30. The highest BCUT2D eigenvalue weighted by Crippen LogP contribution is 2.63. The summed E-state index contributed by atoms with van der Waals surface area (Å²) < 4.78 is 2.18. The van der Waals surface area contributed by atoms with Crippen molar-refractivity contribution < 1.29 is 0 Å². The molecule has 7 rings (SSSR count). The van der Waals surface area contributed by atoms with Crippen molar-refractivity contribution in [2.75, 3.05) is 0 Å². The fourth-order valence-corrected chi connectivity index (χ4v) is 7.04. The number of rotatable bonds is 0. The number of halogens is 2. The summed E-state index contributed by atoms with van der Waals surface area (Å²) in [4.78, 5) is 0. The normalized spacial score (nSPS) is 14.0. The molecular weight excluding hydrogens is 532 g/mol. The van der Waals surface area contributed by atoms with Gasteiger partial charge in [-0.15, -0.1) is 0 Å². The molecule has 0 atom stereocenters. The molecule has 156 valence electrons. The van der Waals surface area contributed by atoms with Gasteiger partial charge in [-0.2, -0.15) is 0 Å². The highest BCUT2D eigenvalue weighted by Gasteiger charge is 2.50. The van der Waals surface area contributed by atoms with Crippen LogP contribution in [-0.4, -0.2) is 0 Å². The first-order valence-corrected chi connectivity index (χ1v) is 12.7. The molecule has 0 saturated carbocycles. The van der Waals surface area contributed by atoms with Gasteiger partial charge >= 0.3 is 0 Å². The maximum atomic E-state index is 4.05. The number of benzene rings is 5. The van der Waals surface area contributed by atoms with E-state index in [1.807, 2.05) is 0 Å². The molecule has 0 aromatic heterocycles. The molecule has 33 heavy (non-hydrogen) atoms. The highest BCUT2D eigenvalue weighted by molar-refractivity contribution is 9.13. The van der Waals surface area contributed by atoms with E-state index in [1.54, 1.807) is 0 Å². The minimum Gasteiger partial charge on any atom is -0.0619 e. The first kappa shape index (κ1) is 19.5. The minimum absolute atomic E-state index is 0.430. The van der Waals surface area contributed by atoms with Crippen molar-refractivity contribution in [2.45, 2.75) is 5.41 Å². The van der Waals surface area contributed by atoms with Gasteiger partial charge in [0.2, 0.25) is 0 Å². The number of hydrogen-bond acceptors (Lipinski definition) is 0. The van der Waals surface area contributed by atoms with Crippen molar-refractivity contribution in [1.82, 2.24) is 0 Å². The maximum absolute atomic E-state index is 4.05. The second-order valence-electron chi connectivity index (χ2n) is 8.72. The molecule has 5 aromatic carbocycles. The van der Waals surface area contributed by atoms with Crippen LogP contribution < -0.4 is 0 Å². The third kappa shape index (κ3) is 2.41. The van der Waals surface area contributed by atoms with Crippen LogP contribution in [0.5, 0.6) is 0 Å². The zero-order valence-electron chi connectivity index (χ0n) is 17.6. The van der Waals surface area contributed by atoms with E-state index in [1.165, 1.54) is 55.6 Å². The van der Waals surface area contributed by atoms with Gasteiger partial charge in [0.15, 0.2) is 0 Å². The lowest BCUT2D eigenvalue weighted by Gasteiger charge is -2.36. The largest absolute Gasteiger partial charge is 0.0736 e. The lowest BCUT2D eigenvalue weighted by atomic mass is 9.66. The summed E-state index contributed by atoms with van der Waals surface area (Å²) in [6.45, 7) is 0. The zero-order chi connectivity index (χ0) is 22.2. The molecule has 1 spiro atoms. The van der Waals surface area contributed by atoms with Gasteiger partial charge in [0.25, 0.3) is 0 Å². The average Bonchev–Trinajstić information content (AvgIpc) is 3.10. The van der Waals surface area contributed by atoms with Gasteiger partial charge in [-0.1, -0.05) is 103 Å². The second kappa shape index (κ2) is 7.03. The van der Waals surface area contributed by atoms with E-state index in [4.69, 9.17) is 0 Å². The summed E-state index contributed by atoms with van der Waals surface area (Å²) >= 11 is 7.89. The van der Waals surface area contributed by atoms with Gasteiger partial charge in [0, 0.05) is 8.95 Å². The molecule has 2 aliphatic rings. The summed E-state index contributed by atoms with van der Waals surface area (Å²) in [5, 5.41) is 0. The predicted molar refractivity (Wildman–Crippen MR) is 144 cm³/mol. The van der Waals surface area contributed by atoms with Crippen LogP contribution in [0, 0.1) is 0 Å². The summed E-state index contributed by atoms with van der Waals surface area (Å²) in [6.07, 6.45) is 0. The Bertz CT molecular complexity index is 1550. The summed E-state index contributed by atoms with van der Waals surface area (Å²) in [5.41, 5.74) is 12.6. The summed E-state index contributed by atoms with van der Waals surface area (Å²) in [5.74, 6) is 0. The summed E-state index contributed by atoms with van der Waals surface area (Å²) in [6, 6.07) is 40.1. The molecule has 0 amide bonds. The van der Waals surface area contributed by atoms with Crippen LogP contribution >= 0.6 is 31.9 Å². The zero-order valence-corrected chi connectivity index (χ0v) is 20.8. The molecule has 0 heterocycles. The Morgan fingerprint density at radius 3 is 1.30 bits per heavy atom. The molecule has 0 nitrogen and oxygen atoms in total. The Balaban J connectivity index is 1.81. The van der Waals surface area contributed by atoms with E-state index in [0.717, 1.165) is 8.95 Å². The van der Waals surface area contributed by atoms with E-state index >= 15 is 0 Å². The van der Waals surface area contributed by atoms with Crippen molar-refractivity contribution in [3.05, 3.63) is 140 Å². The number of fused-ring (bicyclic) bond motifs is 12. The predicted octanol–water partition coefficient (Wildman–Crippen LogP) is 9.22. The molecule has 0 N–H and O–H groups in total. The Kier molecular flexibility index (Phi) is 4.16. The molecule has 0 aliphatic heterocycles. The van der Waals surface area contributed by atoms with Crippen LogP contribution in [0.25, 0.3) is 33.4 Å². The topological polar surface area (TPSA) is 0 Å². The lowest BCUT2D eigenvalue weighted by molar-refractivity contribution is 0.770. The van der Waals surface area contributed by atoms with E-state index in [0.29, 0.717) is 0 Å². The van der Waals surface area contributed by atoms with Crippen molar-refractivity contribution in [3.63, 3.8) is 0 Å². The Labute approximate surface area is 210 Å². The van der Waals surface area contributed by atoms with Crippen molar-refractivity contribution in [1.29, 1.82) is 0 Å². The molecule has 2 heteroatoms. The van der Waals surface area contributed by atoms with Gasteiger partial charge in [0.05, 0.1) is 5.41 Å². The van der Waals surface area contributed by atoms with Crippen LogP contribution in [0.4, 0.5) is 0 Å². The van der Waals surface area contributed by atoms with Crippen LogP contribution in [-0.2, 0) is 5.41 Å². The van der Waals surface area contributed by atoms with E-state index < -0.39 is 5.41 Å². The van der Waals surface area contributed by atoms with Crippen LogP contribution in [0.15, 0.2) is 118 Å². The maximum Gasteiger partial charge on any atom is 0.0736 e. The molecular formula is C31H18Br2. The third-order valence-electron chi connectivity index (χ3n) is 7.26. The highest BCUT2D eigenvalue weighted by atomic mass is 79.9. The van der Waals surface area contributed by atoms with Crippen molar-refractivity contribution in [2.24, 2.45) is 0 Å². The van der Waals surface area contributed by atoms with Crippen molar-refractivity contribution in [3.8, 4) is 33.4 Å². The van der Waals surface area contributed by atoms with E-state index in [2.05, 4.69) is 141 Å². The first-order valence-electron chi connectivity index (χ1n) is 11.1. The quantitative estimate of drug-likeness (QED) is 0.177. The molecule has 0 unspecified atom stereocenters. The Morgan fingerprint density at radius 2 is 0.788 bits per heavy atom. The molecule has 0 bridgehead atoms. The molecule has 2 aliphatic carbocycles. The van der Waals surface area contributed by atoms with Crippen LogP contribution in [0.2, 0.25) is 0 Å². The Morgan fingerprint density at radius 1 is 0.394 bits per heavy atom. The Hall–Kier alpha value is -2.94. The minimum atomic E-state index is -0.430. The van der Waals surface area contributed by atoms with Crippen LogP contribution in [0.1, 0.15) is 22.3 Å². The molecule has 0 fully saturated rings. The molecule has 0 saturated heterocycles. The van der Waals surface area contributed by atoms with Crippen LogP contribution in [0.3, 0.4) is 0 Å².